The number of hydrogen-bond acceptors (Lipinski definition) is 4. The molecule has 3 unspecified atom stereocenters. The van der Waals surface area contributed by atoms with E-state index in [1.165, 1.54) is 18.2 Å². The summed E-state index contributed by atoms with van der Waals surface area (Å²) >= 11 is 0. The van der Waals surface area contributed by atoms with Crippen molar-refractivity contribution in [2.24, 2.45) is 11.3 Å². The van der Waals surface area contributed by atoms with Crippen molar-refractivity contribution in [3.05, 3.63) is 65.1 Å². The average Bonchev–Trinajstić information content (AvgIpc) is 3.50. The van der Waals surface area contributed by atoms with Crippen molar-refractivity contribution >= 4 is 5.91 Å². The van der Waals surface area contributed by atoms with Crippen LogP contribution in [-0.4, -0.2) is 44.3 Å². The molecule has 1 amide bonds. The largest absolute Gasteiger partial charge is 0.338 e. The molecule has 2 bridgehead atoms. The number of nitrogens with zero attached hydrogens (tertiary/aromatic N) is 4. The number of benzene rings is 1. The molecule has 0 spiro atoms. The van der Waals surface area contributed by atoms with Gasteiger partial charge < -0.3 is 4.90 Å². The van der Waals surface area contributed by atoms with Crippen LogP contribution in [0.3, 0.4) is 0 Å². The molecular formula is C26H27F2N5O. The Bertz CT molecular complexity index is 1250. The second-order valence-electron chi connectivity index (χ2n) is 10.5. The zero-order chi connectivity index (χ0) is 23.7. The Morgan fingerprint density at radius 3 is 2.71 bits per heavy atom. The van der Waals surface area contributed by atoms with Gasteiger partial charge >= 0.3 is 0 Å². The predicted molar refractivity (Wildman–Crippen MR) is 122 cm³/mol. The molecule has 2 aliphatic carbocycles. The van der Waals surface area contributed by atoms with Gasteiger partial charge in [-0.25, -0.2) is 8.78 Å². The quantitative estimate of drug-likeness (QED) is 0.603. The Hall–Kier alpha value is -3.16. The second kappa shape index (κ2) is 7.42. The third kappa shape index (κ3) is 2.77. The summed E-state index contributed by atoms with van der Waals surface area (Å²) in [6.07, 6.45) is 7.13. The minimum atomic E-state index is -0.632. The van der Waals surface area contributed by atoms with E-state index in [2.05, 4.69) is 34.2 Å². The normalized spacial score (nSPS) is 27.1. The van der Waals surface area contributed by atoms with Crippen molar-refractivity contribution in [3.8, 4) is 11.3 Å². The molecule has 3 aliphatic rings. The lowest BCUT2D eigenvalue weighted by Gasteiger charge is -2.48. The Morgan fingerprint density at radius 2 is 1.97 bits per heavy atom. The molecule has 3 atom stereocenters. The molecule has 1 saturated heterocycles. The molecule has 176 valence electrons. The second-order valence-corrected chi connectivity index (χ2v) is 10.5. The van der Waals surface area contributed by atoms with Crippen LogP contribution in [0.5, 0.6) is 0 Å². The minimum Gasteiger partial charge on any atom is -0.338 e. The van der Waals surface area contributed by atoms with Gasteiger partial charge in [0.15, 0.2) is 0 Å². The first-order valence-electron chi connectivity index (χ1n) is 11.9. The van der Waals surface area contributed by atoms with Gasteiger partial charge in [0.2, 0.25) is 0 Å². The van der Waals surface area contributed by atoms with Gasteiger partial charge in [0.1, 0.15) is 11.6 Å². The number of piperidine rings is 1. The summed E-state index contributed by atoms with van der Waals surface area (Å²) in [5.41, 5.74) is 2.39. The van der Waals surface area contributed by atoms with E-state index in [0.717, 1.165) is 43.5 Å². The van der Waals surface area contributed by atoms with Crippen molar-refractivity contribution in [2.75, 3.05) is 13.1 Å². The number of amides is 1. The van der Waals surface area contributed by atoms with E-state index in [9.17, 15) is 13.6 Å². The van der Waals surface area contributed by atoms with Gasteiger partial charge in [0.25, 0.3) is 5.91 Å². The Labute approximate surface area is 196 Å². The molecule has 1 aliphatic heterocycles. The van der Waals surface area contributed by atoms with Crippen molar-refractivity contribution in [3.63, 3.8) is 0 Å². The van der Waals surface area contributed by atoms with Gasteiger partial charge in [-0.3, -0.25) is 9.89 Å². The molecule has 2 fully saturated rings. The SMILES string of the molecule is CC1(C)C2CCC1(C1CCCN(C(=O)c3cn[nH]c3)C1)c1nnc(-c3c(F)cccc3F)cc12. The van der Waals surface area contributed by atoms with Gasteiger partial charge in [-0.1, -0.05) is 19.9 Å². The summed E-state index contributed by atoms with van der Waals surface area (Å²) in [6, 6.07) is 5.71. The molecule has 6 rings (SSSR count). The van der Waals surface area contributed by atoms with E-state index in [1.807, 2.05) is 11.0 Å². The van der Waals surface area contributed by atoms with Gasteiger partial charge in [-0.15, -0.1) is 0 Å². The van der Waals surface area contributed by atoms with Crippen molar-refractivity contribution in [2.45, 2.75) is 50.9 Å². The standard InChI is InChI=1S/C26H27F2N5O/c1-25(2)18-8-9-26(25,16-5-4-10-33(14-16)24(34)15-12-29-30-13-15)23-17(18)11-21(31-32-23)22-19(27)6-3-7-20(22)28/h3,6-7,11-13,16,18H,4-5,8-10,14H2,1-2H3,(H,29,30). The lowest BCUT2D eigenvalue weighted by Crippen LogP contribution is -2.51. The molecule has 1 aromatic carbocycles. The lowest BCUT2D eigenvalue weighted by atomic mass is 9.59. The number of halogens is 2. The van der Waals surface area contributed by atoms with E-state index in [4.69, 9.17) is 0 Å². The number of carbonyl (C=O) groups is 1. The molecule has 3 aromatic rings. The van der Waals surface area contributed by atoms with Gasteiger partial charge in [-0.2, -0.15) is 15.3 Å². The molecule has 1 N–H and O–H groups in total. The number of carbonyl (C=O) groups excluding carboxylic acids is 1. The summed E-state index contributed by atoms with van der Waals surface area (Å²) in [6.45, 7) is 5.95. The number of H-pyrrole nitrogens is 1. The van der Waals surface area contributed by atoms with Gasteiger partial charge in [-0.05, 0) is 66.7 Å². The van der Waals surface area contributed by atoms with Crippen LogP contribution in [0.1, 0.15) is 67.1 Å². The van der Waals surface area contributed by atoms with Crippen LogP contribution < -0.4 is 0 Å². The third-order valence-corrected chi connectivity index (χ3v) is 8.84. The zero-order valence-electron chi connectivity index (χ0n) is 19.3. The summed E-state index contributed by atoms with van der Waals surface area (Å²) in [4.78, 5) is 15.0. The number of nitrogens with one attached hydrogen (secondary N) is 1. The number of aromatic nitrogens is 4. The number of likely N-dealkylation sites (tertiary alicyclic amines) is 1. The number of fused-ring (bicyclic) bond motifs is 5. The van der Waals surface area contributed by atoms with Crippen molar-refractivity contribution < 1.29 is 13.6 Å². The van der Waals surface area contributed by atoms with Crippen LogP contribution in [0.25, 0.3) is 11.3 Å². The first-order chi connectivity index (χ1) is 16.3. The minimum absolute atomic E-state index is 0.00289. The molecular weight excluding hydrogens is 436 g/mol. The topological polar surface area (TPSA) is 74.8 Å². The highest BCUT2D eigenvalue weighted by atomic mass is 19.1. The molecule has 0 radical (unpaired) electrons. The Morgan fingerprint density at radius 1 is 1.18 bits per heavy atom. The van der Waals surface area contributed by atoms with Crippen LogP contribution in [0.2, 0.25) is 0 Å². The van der Waals surface area contributed by atoms with E-state index in [0.29, 0.717) is 12.1 Å². The first-order valence-corrected chi connectivity index (χ1v) is 11.9. The molecule has 34 heavy (non-hydrogen) atoms. The van der Waals surface area contributed by atoms with Crippen molar-refractivity contribution in [1.82, 2.24) is 25.3 Å². The summed E-state index contributed by atoms with van der Waals surface area (Å²) in [5.74, 6) is -0.786. The summed E-state index contributed by atoms with van der Waals surface area (Å²) < 4.78 is 29.0. The third-order valence-electron chi connectivity index (χ3n) is 8.84. The monoisotopic (exact) mass is 463 g/mol. The van der Waals surface area contributed by atoms with Crippen LogP contribution in [-0.2, 0) is 5.41 Å². The van der Waals surface area contributed by atoms with Crippen LogP contribution >= 0.6 is 0 Å². The fourth-order valence-electron chi connectivity index (χ4n) is 7.25. The number of rotatable bonds is 3. The Kier molecular flexibility index (Phi) is 4.66. The van der Waals surface area contributed by atoms with Crippen LogP contribution in [0.4, 0.5) is 8.78 Å². The molecule has 3 heterocycles. The maximum absolute atomic E-state index is 14.5. The lowest BCUT2D eigenvalue weighted by molar-refractivity contribution is 0.0423. The predicted octanol–water partition coefficient (Wildman–Crippen LogP) is 4.85. The zero-order valence-corrected chi connectivity index (χ0v) is 19.3. The molecule has 1 saturated carbocycles. The van der Waals surface area contributed by atoms with Crippen LogP contribution in [0, 0.1) is 23.0 Å². The smallest absolute Gasteiger partial charge is 0.257 e. The van der Waals surface area contributed by atoms with E-state index >= 15 is 0 Å². The maximum atomic E-state index is 14.5. The maximum Gasteiger partial charge on any atom is 0.257 e. The molecule has 2 aromatic heterocycles. The van der Waals surface area contributed by atoms with Crippen molar-refractivity contribution in [1.29, 1.82) is 0 Å². The molecule has 8 heteroatoms. The highest BCUT2D eigenvalue weighted by Gasteiger charge is 2.66. The number of aromatic amines is 1. The van der Waals surface area contributed by atoms with Gasteiger partial charge in [0, 0.05) is 24.7 Å². The fourth-order valence-corrected chi connectivity index (χ4v) is 7.25. The highest BCUT2D eigenvalue weighted by Crippen LogP contribution is 2.70. The van der Waals surface area contributed by atoms with E-state index < -0.39 is 11.6 Å². The number of hydrogen-bond donors (Lipinski definition) is 1. The van der Waals surface area contributed by atoms with E-state index in [1.54, 1.807) is 12.4 Å². The van der Waals surface area contributed by atoms with Crippen LogP contribution in [0.15, 0.2) is 36.7 Å². The highest BCUT2D eigenvalue weighted by molar-refractivity contribution is 5.93. The van der Waals surface area contributed by atoms with Gasteiger partial charge in [0.05, 0.1) is 28.7 Å². The average molecular weight is 464 g/mol. The summed E-state index contributed by atoms with van der Waals surface area (Å²) in [7, 11) is 0. The summed E-state index contributed by atoms with van der Waals surface area (Å²) in [5, 5.41) is 15.7. The first kappa shape index (κ1) is 21.4. The molecule has 6 nitrogen and oxygen atoms in total. The van der Waals surface area contributed by atoms with E-state index in [-0.39, 0.29) is 39.8 Å². The fraction of sp³-hybridized carbons (Fsp3) is 0.462. The Balaban J connectivity index is 1.40.